The molecule has 0 aliphatic carbocycles. The van der Waals surface area contributed by atoms with E-state index in [2.05, 4.69) is 18.2 Å². The number of hydrogen-bond acceptors (Lipinski definition) is 1. The van der Waals surface area contributed by atoms with Gasteiger partial charge in [-0.25, -0.2) is 4.79 Å². The number of terminal acetylenes is 1. The molecule has 3 nitrogen and oxygen atoms in total. The molecule has 0 aliphatic heterocycles. The number of carbonyl (C=O) groups excluding carboxylic acids is 1. The van der Waals surface area contributed by atoms with Gasteiger partial charge in [0.1, 0.15) is 0 Å². The maximum Gasteiger partial charge on any atom is 0.321 e. The van der Waals surface area contributed by atoms with Crippen LogP contribution in [-0.2, 0) is 0 Å². The number of nitrogens with zero attached hydrogens (tertiary/aromatic N) is 1. The van der Waals surface area contributed by atoms with Crippen molar-refractivity contribution in [3.63, 3.8) is 0 Å². The van der Waals surface area contributed by atoms with E-state index in [1.807, 2.05) is 38.1 Å². The van der Waals surface area contributed by atoms with Gasteiger partial charge >= 0.3 is 6.03 Å². The van der Waals surface area contributed by atoms with E-state index >= 15 is 0 Å². The number of hydrogen-bond donors (Lipinski definition) is 1. The van der Waals surface area contributed by atoms with E-state index in [0.29, 0.717) is 6.54 Å². The monoisotopic (exact) mass is 272 g/mol. The van der Waals surface area contributed by atoms with E-state index in [1.165, 1.54) is 5.56 Å². The molecule has 0 heterocycles. The smallest absolute Gasteiger partial charge is 0.321 e. The zero-order valence-corrected chi connectivity index (χ0v) is 12.9. The topological polar surface area (TPSA) is 32.3 Å². The van der Waals surface area contributed by atoms with Crippen LogP contribution in [0.15, 0.2) is 24.3 Å². The highest BCUT2D eigenvalue weighted by atomic mass is 16.2. The third kappa shape index (κ3) is 4.03. The van der Waals surface area contributed by atoms with Crippen molar-refractivity contribution in [3.8, 4) is 12.3 Å². The fourth-order valence-corrected chi connectivity index (χ4v) is 2.24. The molecule has 20 heavy (non-hydrogen) atoms. The van der Waals surface area contributed by atoms with E-state index in [1.54, 1.807) is 11.9 Å². The lowest BCUT2D eigenvalue weighted by Crippen LogP contribution is -2.44. The summed E-state index contributed by atoms with van der Waals surface area (Å²) < 4.78 is 0. The highest BCUT2D eigenvalue weighted by Gasteiger charge is 2.27. The Bertz CT molecular complexity index is 487. The Labute approximate surface area is 122 Å². The van der Waals surface area contributed by atoms with Gasteiger partial charge in [0.05, 0.1) is 0 Å². The molecule has 0 radical (unpaired) electrons. The van der Waals surface area contributed by atoms with Gasteiger partial charge in [-0.1, -0.05) is 37.0 Å². The summed E-state index contributed by atoms with van der Waals surface area (Å²) in [5.74, 6) is 2.85. The molecule has 1 aromatic rings. The van der Waals surface area contributed by atoms with Crippen molar-refractivity contribution in [1.82, 2.24) is 5.32 Å². The number of amides is 2. The number of carbonyl (C=O) groups is 1. The summed E-state index contributed by atoms with van der Waals surface area (Å²) >= 11 is 0. The minimum absolute atomic E-state index is 0.133. The van der Waals surface area contributed by atoms with Gasteiger partial charge in [0.25, 0.3) is 0 Å². The fourth-order valence-electron chi connectivity index (χ4n) is 2.24. The van der Waals surface area contributed by atoms with Gasteiger partial charge in [-0.3, -0.25) is 4.90 Å². The van der Waals surface area contributed by atoms with Crippen LogP contribution in [0.1, 0.15) is 32.3 Å². The molecule has 1 atom stereocenters. The maximum atomic E-state index is 12.1. The van der Waals surface area contributed by atoms with Crippen molar-refractivity contribution in [3.05, 3.63) is 29.8 Å². The standard InChI is InChI=1S/C17H24N2O/c1-6-12-17(4,7-2)13-19(16(20)18-5)15-10-8-14(3)9-11-15/h2,8-11H,6,12-13H2,1,3-5H3,(H,18,20)/t17-/m0/s1. The number of anilines is 1. The Hall–Kier alpha value is -1.95. The molecule has 0 aromatic heterocycles. The molecule has 3 heteroatoms. The summed E-state index contributed by atoms with van der Waals surface area (Å²) in [6.45, 7) is 6.67. The third-order valence-corrected chi connectivity index (χ3v) is 3.46. The van der Waals surface area contributed by atoms with Crippen LogP contribution in [0.5, 0.6) is 0 Å². The lowest BCUT2D eigenvalue weighted by molar-refractivity contribution is 0.245. The maximum absolute atomic E-state index is 12.1. The van der Waals surface area contributed by atoms with Crippen LogP contribution in [0.2, 0.25) is 0 Å². The first-order valence-electron chi connectivity index (χ1n) is 6.99. The minimum Gasteiger partial charge on any atom is -0.341 e. The Morgan fingerprint density at radius 2 is 2.00 bits per heavy atom. The minimum atomic E-state index is -0.313. The Morgan fingerprint density at radius 1 is 1.40 bits per heavy atom. The Kier molecular flexibility index (Phi) is 5.64. The highest BCUT2D eigenvalue weighted by molar-refractivity contribution is 5.91. The first-order valence-corrected chi connectivity index (χ1v) is 6.99. The molecule has 0 saturated carbocycles. The van der Waals surface area contributed by atoms with Crippen LogP contribution in [-0.4, -0.2) is 19.6 Å². The normalized spacial score (nSPS) is 13.2. The zero-order chi connectivity index (χ0) is 15.2. The van der Waals surface area contributed by atoms with E-state index in [4.69, 9.17) is 6.42 Å². The quantitative estimate of drug-likeness (QED) is 0.816. The van der Waals surface area contributed by atoms with Crippen molar-refractivity contribution < 1.29 is 4.79 Å². The average Bonchev–Trinajstić information content (AvgIpc) is 2.45. The molecular formula is C17H24N2O. The first-order chi connectivity index (χ1) is 9.45. The van der Waals surface area contributed by atoms with Crippen molar-refractivity contribution >= 4 is 11.7 Å². The van der Waals surface area contributed by atoms with Crippen LogP contribution in [0.25, 0.3) is 0 Å². The first kappa shape index (κ1) is 16.1. The number of benzene rings is 1. The predicted molar refractivity (Wildman–Crippen MR) is 84.8 cm³/mol. The summed E-state index contributed by atoms with van der Waals surface area (Å²) in [6.07, 6.45) is 7.56. The second-order valence-electron chi connectivity index (χ2n) is 5.43. The fraction of sp³-hybridized carbons (Fsp3) is 0.471. The molecule has 1 aromatic carbocycles. The second kappa shape index (κ2) is 7.00. The number of nitrogens with one attached hydrogen (secondary N) is 1. The summed E-state index contributed by atoms with van der Waals surface area (Å²) in [7, 11) is 1.64. The molecule has 0 aliphatic rings. The third-order valence-electron chi connectivity index (χ3n) is 3.46. The van der Waals surface area contributed by atoms with Crippen LogP contribution >= 0.6 is 0 Å². The lowest BCUT2D eigenvalue weighted by Gasteiger charge is -2.31. The zero-order valence-electron chi connectivity index (χ0n) is 12.9. The molecule has 0 bridgehead atoms. The number of rotatable bonds is 5. The van der Waals surface area contributed by atoms with Gasteiger partial charge < -0.3 is 5.32 Å². The van der Waals surface area contributed by atoms with Crippen LogP contribution in [0.3, 0.4) is 0 Å². The molecule has 0 fully saturated rings. The summed E-state index contributed by atoms with van der Waals surface area (Å²) in [4.78, 5) is 13.9. The largest absolute Gasteiger partial charge is 0.341 e. The van der Waals surface area contributed by atoms with Gasteiger partial charge in [0.2, 0.25) is 0 Å². The average molecular weight is 272 g/mol. The van der Waals surface area contributed by atoms with Crippen LogP contribution < -0.4 is 10.2 Å². The van der Waals surface area contributed by atoms with E-state index in [9.17, 15) is 4.79 Å². The molecule has 0 spiro atoms. The molecule has 1 N–H and O–H groups in total. The SMILES string of the molecule is C#C[C@@](C)(CCC)CN(C(=O)NC)c1ccc(C)cc1. The second-order valence-corrected chi connectivity index (χ2v) is 5.43. The van der Waals surface area contributed by atoms with Gasteiger partial charge in [-0.05, 0) is 32.4 Å². The van der Waals surface area contributed by atoms with Gasteiger partial charge in [-0.2, -0.15) is 0 Å². The molecule has 0 saturated heterocycles. The van der Waals surface area contributed by atoms with E-state index < -0.39 is 0 Å². The van der Waals surface area contributed by atoms with Crippen molar-refractivity contribution in [2.24, 2.45) is 5.41 Å². The van der Waals surface area contributed by atoms with Gasteiger partial charge in [0, 0.05) is 24.7 Å². The Balaban J connectivity index is 3.05. The Morgan fingerprint density at radius 3 is 2.45 bits per heavy atom. The van der Waals surface area contributed by atoms with E-state index in [-0.39, 0.29) is 11.4 Å². The van der Waals surface area contributed by atoms with E-state index in [0.717, 1.165) is 18.5 Å². The van der Waals surface area contributed by atoms with Gasteiger partial charge in [0.15, 0.2) is 0 Å². The van der Waals surface area contributed by atoms with Crippen LogP contribution in [0, 0.1) is 24.7 Å². The molecule has 0 unspecified atom stereocenters. The van der Waals surface area contributed by atoms with Gasteiger partial charge in [-0.15, -0.1) is 6.42 Å². The molecule has 2 amide bonds. The predicted octanol–water partition coefficient (Wildman–Crippen LogP) is 3.58. The van der Waals surface area contributed by atoms with Crippen molar-refractivity contribution in [2.75, 3.05) is 18.5 Å². The summed E-state index contributed by atoms with van der Waals surface area (Å²) in [6, 6.07) is 7.77. The number of urea groups is 1. The van der Waals surface area contributed by atoms with Crippen LogP contribution in [0.4, 0.5) is 10.5 Å². The highest BCUT2D eigenvalue weighted by Crippen LogP contribution is 2.27. The van der Waals surface area contributed by atoms with Crippen molar-refractivity contribution in [1.29, 1.82) is 0 Å². The van der Waals surface area contributed by atoms with Crippen molar-refractivity contribution in [2.45, 2.75) is 33.6 Å². The molecule has 1 rings (SSSR count). The summed E-state index contributed by atoms with van der Waals surface area (Å²) in [5.41, 5.74) is 1.72. The molecule has 108 valence electrons. The lowest BCUT2D eigenvalue weighted by atomic mass is 9.86. The number of aryl methyl sites for hydroxylation is 1. The molecular weight excluding hydrogens is 248 g/mol. The summed E-state index contributed by atoms with van der Waals surface area (Å²) in [5, 5.41) is 2.69.